The molecule has 0 bridgehead atoms. The van der Waals surface area contributed by atoms with Crippen molar-refractivity contribution in [2.45, 2.75) is 19.1 Å². The van der Waals surface area contributed by atoms with Crippen molar-refractivity contribution < 1.29 is 14.3 Å². The number of nitrogens with one attached hydrogen (secondary N) is 2. The number of ether oxygens (including phenoxy) is 2. The third kappa shape index (κ3) is 3.14. The van der Waals surface area contributed by atoms with E-state index in [2.05, 4.69) is 10.9 Å². The van der Waals surface area contributed by atoms with Gasteiger partial charge >= 0.3 is 0 Å². The maximum absolute atomic E-state index is 11.6. The van der Waals surface area contributed by atoms with Crippen LogP contribution in [0.15, 0.2) is 42.9 Å². The van der Waals surface area contributed by atoms with E-state index in [4.69, 9.17) is 9.47 Å². The molecule has 5 nitrogen and oxygen atoms in total. The number of carbonyl (C=O) groups is 1. The molecule has 0 saturated heterocycles. The lowest BCUT2D eigenvalue weighted by Crippen LogP contribution is -2.37. The van der Waals surface area contributed by atoms with Crippen molar-refractivity contribution in [2.24, 2.45) is 0 Å². The number of anilines is 1. The van der Waals surface area contributed by atoms with Gasteiger partial charge in [-0.1, -0.05) is 18.2 Å². The van der Waals surface area contributed by atoms with E-state index in [0.29, 0.717) is 0 Å². The second-order valence-electron chi connectivity index (χ2n) is 3.86. The molecule has 0 aliphatic carbocycles. The van der Waals surface area contributed by atoms with Gasteiger partial charge in [0, 0.05) is 6.92 Å². The predicted molar refractivity (Wildman–Crippen MR) is 62.5 cm³/mol. The van der Waals surface area contributed by atoms with E-state index in [-0.39, 0.29) is 12.3 Å². The van der Waals surface area contributed by atoms with E-state index in [1.165, 1.54) is 12.5 Å². The molecule has 0 saturated carbocycles. The molecule has 0 unspecified atom stereocenters. The molecular weight excluding hydrogens is 220 g/mol. The molecule has 1 aromatic carbocycles. The molecule has 0 spiro atoms. The number of amides is 1. The zero-order chi connectivity index (χ0) is 12.1. The fourth-order valence-electron chi connectivity index (χ4n) is 1.45. The Morgan fingerprint density at radius 1 is 1.24 bits per heavy atom. The van der Waals surface area contributed by atoms with Crippen molar-refractivity contribution >= 4 is 11.6 Å². The summed E-state index contributed by atoms with van der Waals surface area (Å²) in [5.74, 6) is -1.11. The third-order valence-electron chi connectivity index (χ3n) is 2.29. The molecule has 2 N–H and O–H groups in total. The average Bonchev–Trinajstić information content (AvgIpc) is 2.74. The van der Waals surface area contributed by atoms with Gasteiger partial charge in [-0.15, -0.1) is 0 Å². The van der Waals surface area contributed by atoms with Gasteiger partial charge in [0.2, 0.25) is 5.91 Å². The van der Waals surface area contributed by atoms with Crippen molar-refractivity contribution in [1.82, 2.24) is 5.43 Å². The average molecular weight is 234 g/mol. The Kier molecular flexibility index (Phi) is 3.18. The van der Waals surface area contributed by atoms with Crippen molar-refractivity contribution in [3.63, 3.8) is 0 Å². The van der Waals surface area contributed by atoms with Gasteiger partial charge in [-0.25, -0.2) is 0 Å². The topological polar surface area (TPSA) is 59.6 Å². The molecule has 90 valence electrons. The second-order valence-corrected chi connectivity index (χ2v) is 3.86. The van der Waals surface area contributed by atoms with Crippen LogP contribution in [0.25, 0.3) is 0 Å². The minimum absolute atomic E-state index is 0.111. The van der Waals surface area contributed by atoms with Gasteiger partial charge in [-0.2, -0.15) is 0 Å². The minimum atomic E-state index is -0.900. The monoisotopic (exact) mass is 234 g/mol. The number of rotatable bonds is 4. The fraction of sp³-hybridized carbons (Fsp3) is 0.250. The Hall–Kier alpha value is -2.17. The lowest BCUT2D eigenvalue weighted by Gasteiger charge is -2.22. The zero-order valence-electron chi connectivity index (χ0n) is 9.47. The summed E-state index contributed by atoms with van der Waals surface area (Å²) in [5, 5.41) is 0. The number of hydrogen-bond acceptors (Lipinski definition) is 4. The number of benzene rings is 1. The van der Waals surface area contributed by atoms with Crippen molar-refractivity contribution in [2.75, 3.05) is 5.43 Å². The molecule has 0 radical (unpaired) electrons. The Balaban J connectivity index is 1.78. The summed E-state index contributed by atoms with van der Waals surface area (Å²) in [6.07, 6.45) is 2.97. The van der Waals surface area contributed by atoms with Crippen LogP contribution in [-0.2, 0) is 14.3 Å². The molecule has 0 atom stereocenters. The molecule has 5 heteroatoms. The smallest absolute Gasteiger partial charge is 0.255 e. The van der Waals surface area contributed by atoms with Crippen LogP contribution in [0.5, 0.6) is 0 Å². The van der Waals surface area contributed by atoms with E-state index in [1.807, 2.05) is 30.3 Å². The van der Waals surface area contributed by atoms with Gasteiger partial charge in [-0.05, 0) is 12.1 Å². The van der Waals surface area contributed by atoms with Crippen LogP contribution in [0.1, 0.15) is 13.3 Å². The molecule has 1 aliphatic heterocycles. The van der Waals surface area contributed by atoms with E-state index in [0.717, 1.165) is 5.69 Å². The minimum Gasteiger partial charge on any atom is -0.457 e. The number of hydrazine groups is 1. The van der Waals surface area contributed by atoms with Gasteiger partial charge in [0.05, 0.1) is 5.69 Å². The van der Waals surface area contributed by atoms with Crippen LogP contribution < -0.4 is 10.9 Å². The summed E-state index contributed by atoms with van der Waals surface area (Å²) in [6, 6.07) is 9.37. The SMILES string of the molecule is CC1(CC(=O)NNc2ccccc2)OC=CO1. The van der Waals surface area contributed by atoms with Gasteiger partial charge in [0.25, 0.3) is 5.79 Å². The van der Waals surface area contributed by atoms with Gasteiger partial charge in [-0.3, -0.25) is 15.6 Å². The Labute approximate surface area is 99.4 Å². The van der Waals surface area contributed by atoms with Crippen LogP contribution in [0.2, 0.25) is 0 Å². The van der Waals surface area contributed by atoms with E-state index in [1.54, 1.807) is 6.92 Å². The standard InChI is InChI=1S/C12H14N2O3/c1-12(16-7-8-17-12)9-11(15)14-13-10-5-3-2-4-6-10/h2-8,13H,9H2,1H3,(H,14,15). The quantitative estimate of drug-likeness (QED) is 0.779. The maximum atomic E-state index is 11.6. The lowest BCUT2D eigenvalue weighted by atomic mass is 10.2. The van der Waals surface area contributed by atoms with Crippen molar-refractivity contribution in [1.29, 1.82) is 0 Å². The third-order valence-corrected chi connectivity index (χ3v) is 2.29. The highest BCUT2D eigenvalue weighted by Crippen LogP contribution is 2.22. The molecule has 0 aromatic heterocycles. The van der Waals surface area contributed by atoms with E-state index < -0.39 is 5.79 Å². The number of para-hydroxylation sites is 1. The van der Waals surface area contributed by atoms with Crippen LogP contribution >= 0.6 is 0 Å². The van der Waals surface area contributed by atoms with E-state index >= 15 is 0 Å². The Morgan fingerprint density at radius 3 is 2.53 bits per heavy atom. The first-order valence-electron chi connectivity index (χ1n) is 5.28. The highest BCUT2D eigenvalue weighted by Gasteiger charge is 2.32. The van der Waals surface area contributed by atoms with Crippen molar-refractivity contribution in [3.05, 3.63) is 42.9 Å². The van der Waals surface area contributed by atoms with Gasteiger partial charge in [0.15, 0.2) is 0 Å². The summed E-state index contributed by atoms with van der Waals surface area (Å²) < 4.78 is 10.3. The summed E-state index contributed by atoms with van der Waals surface area (Å²) in [5.41, 5.74) is 6.20. The van der Waals surface area contributed by atoms with Gasteiger partial charge in [0.1, 0.15) is 18.9 Å². The first kappa shape index (κ1) is 11.3. The summed E-state index contributed by atoms with van der Waals surface area (Å²) in [7, 11) is 0. The molecule has 17 heavy (non-hydrogen) atoms. The molecule has 0 fully saturated rings. The molecule has 1 aromatic rings. The molecule has 1 aliphatic rings. The zero-order valence-corrected chi connectivity index (χ0v) is 9.47. The van der Waals surface area contributed by atoms with E-state index in [9.17, 15) is 4.79 Å². The Bertz CT molecular complexity index is 409. The van der Waals surface area contributed by atoms with Crippen LogP contribution in [0.3, 0.4) is 0 Å². The summed E-state index contributed by atoms with van der Waals surface area (Å²) in [4.78, 5) is 11.6. The molecular formula is C12H14N2O3. The fourth-order valence-corrected chi connectivity index (χ4v) is 1.45. The largest absolute Gasteiger partial charge is 0.457 e. The number of carbonyl (C=O) groups excluding carboxylic acids is 1. The molecule has 1 heterocycles. The first-order valence-corrected chi connectivity index (χ1v) is 5.28. The highest BCUT2D eigenvalue weighted by atomic mass is 16.7. The summed E-state index contributed by atoms with van der Waals surface area (Å²) in [6.45, 7) is 1.70. The van der Waals surface area contributed by atoms with Crippen LogP contribution in [-0.4, -0.2) is 11.7 Å². The van der Waals surface area contributed by atoms with Crippen molar-refractivity contribution in [3.8, 4) is 0 Å². The molecule has 2 rings (SSSR count). The second kappa shape index (κ2) is 4.78. The first-order chi connectivity index (χ1) is 8.18. The maximum Gasteiger partial charge on any atom is 0.255 e. The number of hydrogen-bond donors (Lipinski definition) is 2. The highest BCUT2D eigenvalue weighted by molar-refractivity contribution is 5.78. The lowest BCUT2D eigenvalue weighted by molar-refractivity contribution is -0.150. The van der Waals surface area contributed by atoms with Gasteiger partial charge < -0.3 is 9.47 Å². The summed E-state index contributed by atoms with van der Waals surface area (Å²) >= 11 is 0. The normalized spacial score (nSPS) is 15.8. The van der Waals surface area contributed by atoms with Crippen LogP contribution in [0, 0.1) is 0 Å². The molecule has 1 amide bonds. The predicted octanol–water partition coefficient (Wildman–Crippen LogP) is 1.75. The van der Waals surface area contributed by atoms with Crippen LogP contribution in [0.4, 0.5) is 5.69 Å². The Morgan fingerprint density at radius 2 is 1.88 bits per heavy atom.